The Hall–Kier alpha value is -2.97. The van der Waals surface area contributed by atoms with E-state index >= 15 is 0 Å². The van der Waals surface area contributed by atoms with Crippen LogP contribution in [0.3, 0.4) is 0 Å². The molecule has 4 atom stereocenters. The molecule has 3 heterocycles. The molecule has 2 saturated heterocycles. The van der Waals surface area contributed by atoms with Crippen LogP contribution in [0.25, 0.3) is 22.4 Å². The largest absolute Gasteiger partial charge is 0.489 e. The van der Waals surface area contributed by atoms with Crippen molar-refractivity contribution < 1.29 is 14.2 Å². The molecule has 9 heteroatoms. The second-order valence-corrected chi connectivity index (χ2v) is 12.8. The Kier molecular flexibility index (Phi) is 9.86. The van der Waals surface area contributed by atoms with E-state index in [1.54, 1.807) is 12.1 Å². The van der Waals surface area contributed by atoms with Crippen LogP contribution in [0.4, 0.5) is 0 Å². The molecule has 0 aliphatic carbocycles. The number of halogens is 2. The molecule has 7 nitrogen and oxygen atoms in total. The molecular formula is C35H42Cl2N4O3. The van der Waals surface area contributed by atoms with E-state index in [0.29, 0.717) is 33.6 Å². The lowest BCUT2D eigenvalue weighted by atomic mass is 10.1. The third-order valence-electron chi connectivity index (χ3n) is 8.71. The molecule has 44 heavy (non-hydrogen) atoms. The highest BCUT2D eigenvalue weighted by Crippen LogP contribution is 2.38. The number of imidazole rings is 1. The molecule has 1 aromatic heterocycles. The van der Waals surface area contributed by atoms with Gasteiger partial charge in [0.2, 0.25) is 0 Å². The molecule has 234 valence electrons. The smallest absolute Gasteiger partial charge is 0.151 e. The number of fused-ring (bicyclic) bond motifs is 1. The van der Waals surface area contributed by atoms with E-state index in [-0.39, 0.29) is 12.2 Å². The van der Waals surface area contributed by atoms with Crippen LogP contribution in [-0.2, 0) is 6.54 Å². The molecule has 0 saturated carbocycles. The lowest BCUT2D eigenvalue weighted by molar-refractivity contribution is 0.171. The highest BCUT2D eigenvalue weighted by molar-refractivity contribution is 6.42. The Balaban J connectivity index is 1.40. The maximum Gasteiger partial charge on any atom is 0.151 e. The van der Waals surface area contributed by atoms with Gasteiger partial charge >= 0.3 is 0 Å². The number of nitrogens with zero attached hydrogens (tertiary/aromatic N) is 2. The number of hydrogen-bond acceptors (Lipinski definition) is 6. The Labute approximate surface area is 270 Å². The normalized spacial score (nSPS) is 19.8. The molecule has 2 aliphatic heterocycles. The van der Waals surface area contributed by atoms with Crippen LogP contribution in [-0.4, -0.2) is 46.9 Å². The molecule has 4 aromatic rings. The summed E-state index contributed by atoms with van der Waals surface area (Å²) in [6.45, 7) is 9.39. The molecule has 2 aliphatic rings. The SMILES string of the molecule is CCCCn1c(-c2cccc(Oc3ccc(Cl)c(Cl)c3)c2)nc2c(OC(C)C3CCCN3)cc(OC(C)C3CCCN3)cc21. The zero-order chi connectivity index (χ0) is 30.6. The van der Waals surface area contributed by atoms with Crippen molar-refractivity contribution in [3.8, 4) is 34.4 Å². The minimum absolute atomic E-state index is 0.00274. The third-order valence-corrected chi connectivity index (χ3v) is 9.45. The summed E-state index contributed by atoms with van der Waals surface area (Å²) < 4.78 is 21.8. The Morgan fingerprint density at radius 1 is 0.864 bits per heavy atom. The fourth-order valence-electron chi connectivity index (χ4n) is 6.27. The number of rotatable bonds is 12. The topological polar surface area (TPSA) is 69.6 Å². The van der Waals surface area contributed by atoms with Crippen LogP contribution in [0.15, 0.2) is 54.6 Å². The third kappa shape index (κ3) is 6.96. The zero-order valence-corrected chi connectivity index (χ0v) is 27.3. The predicted molar refractivity (Wildman–Crippen MR) is 179 cm³/mol. The first-order valence-corrected chi connectivity index (χ1v) is 16.7. The van der Waals surface area contributed by atoms with Gasteiger partial charge < -0.3 is 29.4 Å². The number of aromatic nitrogens is 2. The van der Waals surface area contributed by atoms with Gasteiger partial charge in [-0.15, -0.1) is 0 Å². The Morgan fingerprint density at radius 3 is 2.27 bits per heavy atom. The van der Waals surface area contributed by atoms with Crippen LogP contribution in [0.1, 0.15) is 59.3 Å². The number of benzene rings is 3. The van der Waals surface area contributed by atoms with Gasteiger partial charge in [-0.2, -0.15) is 0 Å². The molecule has 4 unspecified atom stereocenters. The van der Waals surface area contributed by atoms with Gasteiger partial charge in [0, 0.05) is 42.4 Å². The summed E-state index contributed by atoms with van der Waals surface area (Å²) in [5.74, 6) is 3.74. The van der Waals surface area contributed by atoms with E-state index in [4.69, 9.17) is 42.4 Å². The molecule has 3 aromatic carbocycles. The first-order chi connectivity index (χ1) is 21.4. The molecule has 2 fully saturated rings. The van der Waals surface area contributed by atoms with Crippen molar-refractivity contribution in [2.24, 2.45) is 0 Å². The van der Waals surface area contributed by atoms with Gasteiger partial charge in [0.15, 0.2) is 5.75 Å². The lowest BCUT2D eigenvalue weighted by Gasteiger charge is -2.24. The minimum atomic E-state index is -0.00274. The van der Waals surface area contributed by atoms with Crippen molar-refractivity contribution in [2.75, 3.05) is 13.1 Å². The van der Waals surface area contributed by atoms with Crippen molar-refractivity contribution in [3.05, 3.63) is 64.6 Å². The van der Waals surface area contributed by atoms with Gasteiger partial charge in [0.1, 0.15) is 40.8 Å². The molecule has 0 spiro atoms. The molecular weight excluding hydrogens is 595 g/mol. The molecule has 2 N–H and O–H groups in total. The monoisotopic (exact) mass is 636 g/mol. The summed E-state index contributed by atoms with van der Waals surface area (Å²) in [5.41, 5.74) is 2.81. The first kappa shape index (κ1) is 31.0. The van der Waals surface area contributed by atoms with Gasteiger partial charge in [0.25, 0.3) is 0 Å². The van der Waals surface area contributed by atoms with E-state index in [1.807, 2.05) is 30.3 Å². The molecule has 6 rings (SSSR count). The average molecular weight is 638 g/mol. The van der Waals surface area contributed by atoms with Crippen molar-refractivity contribution in [3.63, 3.8) is 0 Å². The lowest BCUT2D eigenvalue weighted by Crippen LogP contribution is -2.37. The highest BCUT2D eigenvalue weighted by Gasteiger charge is 2.27. The second kappa shape index (κ2) is 14.0. The van der Waals surface area contributed by atoms with E-state index in [9.17, 15) is 0 Å². The van der Waals surface area contributed by atoms with Crippen molar-refractivity contribution in [1.82, 2.24) is 20.2 Å². The second-order valence-electron chi connectivity index (χ2n) is 12.0. The van der Waals surface area contributed by atoms with E-state index < -0.39 is 0 Å². The standard InChI is InChI=1S/C35H42Cl2N4O3/c1-4-5-17-41-32-20-27(42-22(2)30-11-7-15-38-30)21-33(43-23(3)31-12-8-16-39-31)34(32)40-35(41)24-9-6-10-25(18-24)44-26-13-14-28(36)29(37)19-26/h6,9-10,13-14,18-23,30-31,38-39H,4-5,7-8,11-12,15-17H2,1-3H3. The number of unbranched alkanes of at least 4 members (excludes halogenated alkanes) is 1. The number of aryl methyl sites for hydroxylation is 1. The van der Waals surface area contributed by atoms with Crippen LogP contribution >= 0.6 is 23.2 Å². The molecule has 0 radical (unpaired) electrons. The summed E-state index contributed by atoms with van der Waals surface area (Å²) in [6.07, 6.45) is 6.69. The van der Waals surface area contributed by atoms with Gasteiger partial charge in [-0.1, -0.05) is 48.7 Å². The predicted octanol–water partition coefficient (Wildman–Crippen LogP) is 8.64. The summed E-state index contributed by atoms with van der Waals surface area (Å²) in [7, 11) is 0. The van der Waals surface area contributed by atoms with Crippen molar-refractivity contribution in [1.29, 1.82) is 0 Å². The van der Waals surface area contributed by atoms with Gasteiger partial charge in [-0.25, -0.2) is 4.98 Å². The van der Waals surface area contributed by atoms with Gasteiger partial charge in [-0.3, -0.25) is 0 Å². The highest BCUT2D eigenvalue weighted by atomic mass is 35.5. The summed E-state index contributed by atoms with van der Waals surface area (Å²) in [4.78, 5) is 5.24. The van der Waals surface area contributed by atoms with Gasteiger partial charge in [-0.05, 0) is 83.3 Å². The first-order valence-electron chi connectivity index (χ1n) is 16.0. The Bertz CT molecular complexity index is 1580. The number of nitrogens with one attached hydrogen (secondary N) is 2. The molecule has 0 amide bonds. The van der Waals surface area contributed by atoms with Crippen LogP contribution in [0.5, 0.6) is 23.0 Å². The van der Waals surface area contributed by atoms with E-state index in [0.717, 1.165) is 79.2 Å². The van der Waals surface area contributed by atoms with E-state index in [1.165, 1.54) is 12.8 Å². The summed E-state index contributed by atoms with van der Waals surface area (Å²) >= 11 is 12.4. The number of hydrogen-bond donors (Lipinski definition) is 2. The quantitative estimate of drug-likeness (QED) is 0.162. The average Bonchev–Trinajstić information content (AvgIpc) is 3.80. The van der Waals surface area contributed by atoms with Crippen LogP contribution < -0.4 is 24.8 Å². The zero-order valence-electron chi connectivity index (χ0n) is 25.7. The summed E-state index contributed by atoms with van der Waals surface area (Å²) in [6, 6.07) is 18.1. The fraction of sp³-hybridized carbons (Fsp3) is 0.457. The van der Waals surface area contributed by atoms with Crippen LogP contribution in [0.2, 0.25) is 10.0 Å². The number of ether oxygens (including phenoxy) is 3. The fourth-order valence-corrected chi connectivity index (χ4v) is 6.55. The maximum absolute atomic E-state index is 6.71. The van der Waals surface area contributed by atoms with Crippen LogP contribution in [0, 0.1) is 0 Å². The Morgan fingerprint density at radius 2 is 1.59 bits per heavy atom. The maximum atomic E-state index is 6.71. The molecule has 0 bridgehead atoms. The van der Waals surface area contributed by atoms with Crippen molar-refractivity contribution in [2.45, 2.75) is 90.1 Å². The van der Waals surface area contributed by atoms with E-state index in [2.05, 4.69) is 48.1 Å². The summed E-state index contributed by atoms with van der Waals surface area (Å²) in [5, 5.41) is 8.12. The van der Waals surface area contributed by atoms with Crippen molar-refractivity contribution >= 4 is 34.2 Å². The minimum Gasteiger partial charge on any atom is -0.489 e. The van der Waals surface area contributed by atoms with Gasteiger partial charge in [0.05, 0.1) is 15.6 Å².